The fourth-order valence-electron chi connectivity index (χ4n) is 1.23. The third-order valence-corrected chi connectivity index (χ3v) is 2.48. The van der Waals surface area contributed by atoms with Crippen LogP contribution in [0.3, 0.4) is 0 Å². The highest BCUT2D eigenvalue weighted by atomic mass is 35.5. The molecular formula is C10H13ClN2O. The van der Waals surface area contributed by atoms with Crippen LogP contribution >= 0.6 is 11.6 Å². The van der Waals surface area contributed by atoms with Crippen molar-refractivity contribution >= 4 is 17.5 Å². The van der Waals surface area contributed by atoms with Gasteiger partial charge in [0.05, 0.1) is 5.92 Å². The summed E-state index contributed by atoms with van der Waals surface area (Å²) in [7, 11) is 0. The van der Waals surface area contributed by atoms with Crippen LogP contribution in [0, 0.1) is 5.92 Å². The molecule has 1 amide bonds. The molecule has 0 spiro atoms. The molecule has 4 heteroatoms. The number of carbonyl (C=O) groups is 1. The average Bonchev–Trinajstić information content (AvgIpc) is 2.16. The number of carbonyl (C=O) groups excluding carboxylic acids is 1. The van der Waals surface area contributed by atoms with Gasteiger partial charge in [-0.05, 0) is 18.1 Å². The predicted octanol–water partition coefficient (Wildman–Crippen LogP) is 0.943. The van der Waals surface area contributed by atoms with E-state index in [0.29, 0.717) is 11.4 Å². The van der Waals surface area contributed by atoms with Crippen LogP contribution in [0.4, 0.5) is 0 Å². The number of hydrogen-bond acceptors (Lipinski definition) is 2. The van der Waals surface area contributed by atoms with Gasteiger partial charge in [-0.25, -0.2) is 0 Å². The maximum atomic E-state index is 10.9. The molecule has 0 aliphatic carbocycles. The number of halogens is 1. The first-order chi connectivity index (χ1) is 6.65. The van der Waals surface area contributed by atoms with Crippen molar-refractivity contribution in [2.24, 2.45) is 17.4 Å². The van der Waals surface area contributed by atoms with Crippen LogP contribution in [0.25, 0.3) is 0 Å². The van der Waals surface area contributed by atoms with Gasteiger partial charge in [0.2, 0.25) is 5.91 Å². The molecule has 1 rings (SSSR count). The van der Waals surface area contributed by atoms with Crippen molar-refractivity contribution in [3.05, 3.63) is 34.9 Å². The molecule has 1 aromatic rings. The van der Waals surface area contributed by atoms with Crippen LogP contribution in [0.1, 0.15) is 5.56 Å². The minimum atomic E-state index is -0.382. The number of nitrogens with two attached hydrogens (primary N) is 2. The number of amides is 1. The Morgan fingerprint density at radius 2 is 2.07 bits per heavy atom. The molecule has 0 bridgehead atoms. The Balaban J connectivity index is 2.77. The van der Waals surface area contributed by atoms with E-state index in [1.807, 2.05) is 18.2 Å². The van der Waals surface area contributed by atoms with Gasteiger partial charge >= 0.3 is 0 Å². The number of hydrogen-bond donors (Lipinski definition) is 2. The van der Waals surface area contributed by atoms with Crippen molar-refractivity contribution in [3.8, 4) is 0 Å². The van der Waals surface area contributed by atoms with Crippen LogP contribution < -0.4 is 11.5 Å². The van der Waals surface area contributed by atoms with Gasteiger partial charge in [-0.1, -0.05) is 29.8 Å². The molecule has 1 aromatic carbocycles. The zero-order valence-electron chi connectivity index (χ0n) is 7.74. The minimum absolute atomic E-state index is 0.251. The van der Waals surface area contributed by atoms with Gasteiger partial charge in [0.1, 0.15) is 0 Å². The molecule has 1 atom stereocenters. The summed E-state index contributed by atoms with van der Waals surface area (Å²) in [6.45, 7) is 0.251. The molecule has 0 aliphatic rings. The molecule has 0 aliphatic heterocycles. The van der Waals surface area contributed by atoms with E-state index < -0.39 is 0 Å². The number of rotatable bonds is 4. The van der Waals surface area contributed by atoms with Gasteiger partial charge in [0, 0.05) is 11.6 Å². The number of benzene rings is 1. The van der Waals surface area contributed by atoms with E-state index in [4.69, 9.17) is 23.1 Å². The molecule has 0 fully saturated rings. The molecule has 0 saturated heterocycles. The first-order valence-corrected chi connectivity index (χ1v) is 4.75. The highest BCUT2D eigenvalue weighted by Gasteiger charge is 2.14. The summed E-state index contributed by atoms with van der Waals surface area (Å²) in [5.74, 6) is -0.720. The smallest absolute Gasteiger partial charge is 0.222 e. The molecule has 1 unspecified atom stereocenters. The van der Waals surface area contributed by atoms with Gasteiger partial charge in [0.15, 0.2) is 0 Å². The Morgan fingerprint density at radius 1 is 1.43 bits per heavy atom. The van der Waals surface area contributed by atoms with Crippen molar-refractivity contribution in [1.82, 2.24) is 0 Å². The lowest BCUT2D eigenvalue weighted by molar-refractivity contribution is -0.121. The molecule has 4 N–H and O–H groups in total. The lowest BCUT2D eigenvalue weighted by atomic mass is 9.99. The second-order valence-corrected chi connectivity index (χ2v) is 3.54. The van der Waals surface area contributed by atoms with E-state index in [9.17, 15) is 4.79 Å². The predicted molar refractivity (Wildman–Crippen MR) is 56.9 cm³/mol. The van der Waals surface area contributed by atoms with E-state index in [1.54, 1.807) is 6.07 Å². The third kappa shape index (κ3) is 2.72. The quantitative estimate of drug-likeness (QED) is 0.780. The van der Waals surface area contributed by atoms with Gasteiger partial charge in [-0.15, -0.1) is 0 Å². The van der Waals surface area contributed by atoms with Gasteiger partial charge in [-0.3, -0.25) is 4.79 Å². The van der Waals surface area contributed by atoms with Crippen molar-refractivity contribution in [2.75, 3.05) is 6.54 Å². The van der Waals surface area contributed by atoms with Crippen molar-refractivity contribution < 1.29 is 4.79 Å². The van der Waals surface area contributed by atoms with Crippen LogP contribution in [0.2, 0.25) is 5.02 Å². The summed E-state index contributed by atoms with van der Waals surface area (Å²) in [6, 6.07) is 7.36. The van der Waals surface area contributed by atoms with Gasteiger partial charge in [0.25, 0.3) is 0 Å². The highest BCUT2D eigenvalue weighted by molar-refractivity contribution is 6.31. The molecule has 0 heterocycles. The summed E-state index contributed by atoms with van der Waals surface area (Å²) < 4.78 is 0. The average molecular weight is 213 g/mol. The normalized spacial score (nSPS) is 12.4. The lowest BCUT2D eigenvalue weighted by Gasteiger charge is -2.11. The Kier molecular flexibility index (Phi) is 3.92. The Bertz CT molecular complexity index is 328. The Labute approximate surface area is 88.0 Å². The summed E-state index contributed by atoms with van der Waals surface area (Å²) in [6.07, 6.45) is 0.505. The van der Waals surface area contributed by atoms with E-state index >= 15 is 0 Å². The molecule has 76 valence electrons. The first kappa shape index (κ1) is 11.0. The molecule has 14 heavy (non-hydrogen) atoms. The monoisotopic (exact) mass is 212 g/mol. The fourth-order valence-corrected chi connectivity index (χ4v) is 1.44. The highest BCUT2D eigenvalue weighted by Crippen LogP contribution is 2.18. The second kappa shape index (κ2) is 4.98. The van der Waals surface area contributed by atoms with Gasteiger partial charge in [-0.2, -0.15) is 0 Å². The van der Waals surface area contributed by atoms with Crippen LogP contribution in [0.15, 0.2) is 24.3 Å². The van der Waals surface area contributed by atoms with Crippen LogP contribution in [-0.2, 0) is 11.2 Å². The molecule has 0 aromatic heterocycles. The first-order valence-electron chi connectivity index (χ1n) is 4.38. The zero-order valence-corrected chi connectivity index (χ0v) is 8.50. The summed E-state index contributed by atoms with van der Waals surface area (Å²) in [4.78, 5) is 10.9. The largest absolute Gasteiger partial charge is 0.369 e. The number of primary amides is 1. The fraction of sp³-hybridized carbons (Fsp3) is 0.300. The van der Waals surface area contributed by atoms with Crippen LogP contribution in [-0.4, -0.2) is 12.5 Å². The molecule has 3 nitrogen and oxygen atoms in total. The second-order valence-electron chi connectivity index (χ2n) is 3.13. The van der Waals surface area contributed by atoms with Crippen molar-refractivity contribution in [1.29, 1.82) is 0 Å². The Morgan fingerprint density at radius 3 is 2.57 bits per heavy atom. The van der Waals surface area contributed by atoms with E-state index in [-0.39, 0.29) is 18.4 Å². The summed E-state index contributed by atoms with van der Waals surface area (Å²) in [5, 5.41) is 0.646. The minimum Gasteiger partial charge on any atom is -0.369 e. The van der Waals surface area contributed by atoms with Crippen molar-refractivity contribution in [3.63, 3.8) is 0 Å². The van der Waals surface area contributed by atoms with E-state index in [0.717, 1.165) is 5.56 Å². The molecular weight excluding hydrogens is 200 g/mol. The maximum absolute atomic E-state index is 10.9. The summed E-state index contributed by atoms with van der Waals surface area (Å²) in [5.41, 5.74) is 11.5. The molecule has 0 radical (unpaired) electrons. The maximum Gasteiger partial charge on any atom is 0.222 e. The Hall–Kier alpha value is -1.06. The third-order valence-electron chi connectivity index (χ3n) is 2.11. The SMILES string of the molecule is NCC(Cc1ccccc1Cl)C(N)=O. The summed E-state index contributed by atoms with van der Waals surface area (Å²) >= 11 is 5.94. The topological polar surface area (TPSA) is 69.1 Å². The zero-order chi connectivity index (χ0) is 10.6. The van der Waals surface area contributed by atoms with E-state index in [2.05, 4.69) is 0 Å². The van der Waals surface area contributed by atoms with E-state index in [1.165, 1.54) is 0 Å². The molecule has 0 saturated carbocycles. The van der Waals surface area contributed by atoms with Crippen molar-refractivity contribution in [2.45, 2.75) is 6.42 Å². The van der Waals surface area contributed by atoms with Gasteiger partial charge < -0.3 is 11.5 Å². The lowest BCUT2D eigenvalue weighted by Crippen LogP contribution is -2.31. The standard InChI is InChI=1S/C10H13ClN2O/c11-9-4-2-1-3-7(9)5-8(6-12)10(13)14/h1-4,8H,5-6,12H2,(H2,13,14). The van der Waals surface area contributed by atoms with Crippen LogP contribution in [0.5, 0.6) is 0 Å².